The molecule has 30 heavy (non-hydrogen) atoms. The third kappa shape index (κ3) is 5.13. The van der Waals surface area contributed by atoms with Gasteiger partial charge in [-0.25, -0.2) is 0 Å². The Morgan fingerprint density at radius 2 is 2.03 bits per heavy atom. The summed E-state index contributed by atoms with van der Waals surface area (Å²) in [5, 5.41) is 9.43. The minimum absolute atomic E-state index is 0.0183. The topological polar surface area (TPSA) is 78.7 Å². The fraction of sp³-hybridized carbons (Fsp3) is 0.708. The van der Waals surface area contributed by atoms with Gasteiger partial charge in [-0.2, -0.15) is 0 Å². The van der Waals surface area contributed by atoms with Gasteiger partial charge in [0.2, 0.25) is 0 Å². The van der Waals surface area contributed by atoms with Crippen LogP contribution in [0.3, 0.4) is 0 Å². The van der Waals surface area contributed by atoms with Gasteiger partial charge in [0.05, 0.1) is 6.61 Å². The molecule has 1 fully saturated rings. The van der Waals surface area contributed by atoms with Gasteiger partial charge in [-0.3, -0.25) is 4.79 Å². The Morgan fingerprint density at radius 1 is 1.30 bits per heavy atom. The number of carbonyl (C=O) groups is 1. The Balaban J connectivity index is 1.63. The third-order valence-electron chi connectivity index (χ3n) is 6.91. The molecule has 0 bridgehead atoms. The van der Waals surface area contributed by atoms with Gasteiger partial charge < -0.3 is 9.57 Å². The highest BCUT2D eigenvalue weighted by Crippen LogP contribution is 2.51. The highest BCUT2D eigenvalue weighted by Gasteiger charge is 2.46. The fourth-order valence-corrected chi connectivity index (χ4v) is 5.06. The van der Waals surface area contributed by atoms with E-state index in [0.717, 1.165) is 43.4 Å². The molecule has 0 spiro atoms. The Labute approximate surface area is 179 Å². The van der Waals surface area contributed by atoms with E-state index in [2.05, 4.69) is 50.7 Å². The lowest BCUT2D eigenvalue weighted by Gasteiger charge is -2.47. The third-order valence-corrected chi connectivity index (χ3v) is 6.91. The number of benzene rings is 1. The Hall–Kier alpha value is -2.11. The van der Waals surface area contributed by atoms with Crippen molar-refractivity contribution in [2.24, 2.45) is 5.92 Å². The minimum atomic E-state index is -0.732. The fourth-order valence-electron chi connectivity index (χ4n) is 5.06. The quantitative estimate of drug-likeness (QED) is 0.300. The van der Waals surface area contributed by atoms with Gasteiger partial charge >= 0.3 is 0 Å². The molecule has 1 aliphatic heterocycles. The summed E-state index contributed by atoms with van der Waals surface area (Å²) in [6.07, 6.45) is 6.87. The molecule has 0 unspecified atom stereocenters. The molecule has 165 valence electrons. The van der Waals surface area contributed by atoms with Crippen molar-refractivity contribution in [2.45, 2.75) is 96.0 Å². The highest BCUT2D eigenvalue weighted by molar-refractivity contribution is 5.80. The first kappa shape index (κ1) is 22.6. The maximum absolute atomic E-state index is 12.1. The van der Waals surface area contributed by atoms with Gasteiger partial charge in [0.25, 0.3) is 5.09 Å². The van der Waals surface area contributed by atoms with Crippen molar-refractivity contribution < 1.29 is 19.5 Å². The van der Waals surface area contributed by atoms with E-state index in [1.54, 1.807) is 0 Å². The average molecular weight is 417 g/mol. The van der Waals surface area contributed by atoms with Gasteiger partial charge in [-0.05, 0) is 56.2 Å². The molecule has 1 radical (unpaired) electrons. The summed E-state index contributed by atoms with van der Waals surface area (Å²) >= 11 is 0. The molecular formula is C24H34NO5. The lowest BCUT2D eigenvalue weighted by atomic mass is 9.66. The molecule has 2 atom stereocenters. The molecule has 0 aromatic heterocycles. The van der Waals surface area contributed by atoms with Crippen molar-refractivity contribution in [3.05, 3.63) is 39.4 Å². The van der Waals surface area contributed by atoms with E-state index in [4.69, 9.17) is 4.74 Å². The summed E-state index contributed by atoms with van der Waals surface area (Å²) in [5.41, 5.74) is 1.98. The zero-order chi connectivity index (χ0) is 21.9. The van der Waals surface area contributed by atoms with E-state index in [1.165, 1.54) is 5.56 Å². The van der Waals surface area contributed by atoms with Gasteiger partial charge in [0.1, 0.15) is 17.1 Å². The number of unbranched alkanes of at least 4 members (excludes halogenated alkanes) is 3. The molecule has 0 amide bonds. The van der Waals surface area contributed by atoms with Crippen molar-refractivity contribution in [1.82, 2.24) is 0 Å². The largest absolute Gasteiger partial charge is 0.487 e. The number of carbonyl (C=O) groups excluding carboxylic acids is 1. The number of rotatable bonds is 9. The van der Waals surface area contributed by atoms with Gasteiger partial charge in [0.15, 0.2) is 0 Å². The average Bonchev–Trinajstić information content (AvgIpc) is 2.66. The van der Waals surface area contributed by atoms with Crippen LogP contribution < -0.4 is 4.74 Å². The second-order valence-electron chi connectivity index (χ2n) is 9.97. The Kier molecular flexibility index (Phi) is 6.73. The first-order chi connectivity index (χ1) is 14.1. The first-order valence-corrected chi connectivity index (χ1v) is 11.1. The molecule has 2 aliphatic rings. The molecular weight excluding hydrogens is 382 g/mol. The van der Waals surface area contributed by atoms with Crippen LogP contribution in [0.2, 0.25) is 0 Å². The van der Waals surface area contributed by atoms with Crippen LogP contribution in [0.4, 0.5) is 0 Å². The smallest absolute Gasteiger partial charge is 0.294 e. The maximum atomic E-state index is 12.1. The van der Waals surface area contributed by atoms with E-state index in [9.17, 15) is 14.9 Å². The van der Waals surface area contributed by atoms with Crippen LogP contribution >= 0.6 is 0 Å². The molecule has 6 heteroatoms. The molecule has 0 N–H and O–H groups in total. The van der Waals surface area contributed by atoms with Crippen molar-refractivity contribution in [3.63, 3.8) is 0 Å². The maximum Gasteiger partial charge on any atom is 0.294 e. The summed E-state index contributed by atoms with van der Waals surface area (Å²) in [6.45, 7) is 8.93. The van der Waals surface area contributed by atoms with E-state index < -0.39 is 5.09 Å². The van der Waals surface area contributed by atoms with Crippen molar-refractivity contribution >= 4 is 5.78 Å². The van der Waals surface area contributed by atoms with Crippen molar-refractivity contribution in [3.8, 4) is 5.75 Å². The van der Waals surface area contributed by atoms with Crippen LogP contribution in [0.5, 0.6) is 5.75 Å². The van der Waals surface area contributed by atoms with Gasteiger partial charge in [-0.1, -0.05) is 39.2 Å². The van der Waals surface area contributed by atoms with E-state index in [0.29, 0.717) is 31.0 Å². The minimum Gasteiger partial charge on any atom is -0.487 e. The molecule has 3 rings (SSSR count). The number of ether oxygens (including phenoxy) is 1. The van der Waals surface area contributed by atoms with E-state index in [-0.39, 0.29) is 23.5 Å². The summed E-state index contributed by atoms with van der Waals surface area (Å²) in [4.78, 5) is 26.6. The Bertz CT molecular complexity index is 786. The second kappa shape index (κ2) is 8.94. The first-order valence-electron chi connectivity index (χ1n) is 11.1. The van der Waals surface area contributed by atoms with Gasteiger partial charge in [-0.15, -0.1) is 10.1 Å². The van der Waals surface area contributed by atoms with Crippen LogP contribution in [-0.4, -0.2) is 23.1 Å². The monoisotopic (exact) mass is 416 g/mol. The summed E-state index contributed by atoms with van der Waals surface area (Å²) < 4.78 is 6.44. The number of hydrogen-bond donors (Lipinski definition) is 0. The lowest BCUT2D eigenvalue weighted by molar-refractivity contribution is -0.757. The molecule has 1 saturated carbocycles. The Morgan fingerprint density at radius 3 is 2.77 bits per heavy atom. The number of fused-ring (bicyclic) bond motifs is 3. The molecule has 1 heterocycles. The number of hydrogen-bond acceptors (Lipinski definition) is 5. The van der Waals surface area contributed by atoms with Crippen LogP contribution in [0.15, 0.2) is 12.1 Å². The highest BCUT2D eigenvalue weighted by atomic mass is 16.9. The summed E-state index contributed by atoms with van der Waals surface area (Å²) in [7, 11) is 0. The molecule has 1 aliphatic carbocycles. The van der Waals surface area contributed by atoms with Crippen LogP contribution in [0.25, 0.3) is 0 Å². The normalized spacial score (nSPS) is 22.6. The van der Waals surface area contributed by atoms with Gasteiger partial charge in [0, 0.05) is 30.2 Å². The van der Waals surface area contributed by atoms with Crippen LogP contribution in [0, 0.1) is 22.1 Å². The van der Waals surface area contributed by atoms with Crippen molar-refractivity contribution in [1.29, 1.82) is 0 Å². The number of nitrogens with zero attached hydrogens (tertiary/aromatic N) is 1. The predicted octanol–water partition coefficient (Wildman–Crippen LogP) is 5.55. The summed E-state index contributed by atoms with van der Waals surface area (Å²) in [6, 6.07) is 7.74. The molecule has 0 saturated heterocycles. The van der Waals surface area contributed by atoms with Crippen LogP contribution in [0.1, 0.15) is 96.1 Å². The SMILES string of the molecule is CC(C)(CCCCCCO[N+](=O)[O-])c1c[c]c2c(c1)OC(C)(C)[C@@H]1CCC(=O)C[C@@H]21. The molecule has 1 aromatic carbocycles. The van der Waals surface area contributed by atoms with E-state index in [1.807, 2.05) is 0 Å². The second-order valence-corrected chi connectivity index (χ2v) is 9.97. The van der Waals surface area contributed by atoms with Crippen LogP contribution in [-0.2, 0) is 15.0 Å². The molecule has 1 aromatic rings. The van der Waals surface area contributed by atoms with E-state index >= 15 is 0 Å². The zero-order valence-corrected chi connectivity index (χ0v) is 18.7. The zero-order valence-electron chi connectivity index (χ0n) is 18.7. The lowest BCUT2D eigenvalue weighted by Crippen LogP contribution is -2.47. The molecule has 6 nitrogen and oxygen atoms in total. The standard InChI is InChI=1S/C24H34NO5/c1-23(2,13-7-5-6-8-14-29-25(27)28)17-9-11-19-20-16-18(26)10-12-21(20)24(3,4)30-22(19)15-17/h9,15,20-21H,5-8,10,12-14,16H2,1-4H3/t20-,21+/m0/s1. The number of ketones is 1. The number of Topliss-reactive ketones (excluding diaryl/α,β-unsaturated/α-hetero) is 1. The predicted molar refractivity (Wildman–Crippen MR) is 114 cm³/mol. The van der Waals surface area contributed by atoms with Crippen molar-refractivity contribution in [2.75, 3.05) is 6.61 Å². The summed E-state index contributed by atoms with van der Waals surface area (Å²) in [5.74, 6) is 1.81.